The van der Waals surface area contributed by atoms with Gasteiger partial charge in [-0.2, -0.15) is 0 Å². The maximum absolute atomic E-state index is 12.4. The van der Waals surface area contributed by atoms with E-state index in [0.29, 0.717) is 12.1 Å². The molecule has 0 aliphatic carbocycles. The number of aryl methyl sites for hydroxylation is 2. The molecule has 0 spiro atoms. The van der Waals surface area contributed by atoms with E-state index >= 15 is 0 Å². The molecular weight excluding hydrogens is 338 g/mol. The van der Waals surface area contributed by atoms with Crippen LogP contribution in [-0.2, 0) is 25.0 Å². The Morgan fingerprint density at radius 2 is 2.20 bits per heavy atom. The lowest BCUT2D eigenvalue weighted by Gasteiger charge is -2.12. The first-order chi connectivity index (χ1) is 12.1. The maximum atomic E-state index is 12.4. The van der Waals surface area contributed by atoms with Crippen LogP contribution in [0.2, 0.25) is 0 Å². The zero-order valence-corrected chi connectivity index (χ0v) is 14.8. The van der Waals surface area contributed by atoms with Crippen molar-refractivity contribution in [2.45, 2.75) is 20.1 Å². The quantitative estimate of drug-likeness (QED) is 0.636. The van der Waals surface area contributed by atoms with Crippen molar-refractivity contribution >= 4 is 22.9 Å². The molecule has 3 rings (SSSR count). The van der Waals surface area contributed by atoms with E-state index < -0.39 is 0 Å². The summed E-state index contributed by atoms with van der Waals surface area (Å²) in [7, 11) is 1.93. The van der Waals surface area contributed by atoms with E-state index in [1.165, 1.54) is 0 Å². The van der Waals surface area contributed by atoms with E-state index in [1.54, 1.807) is 29.9 Å². The zero-order chi connectivity index (χ0) is 17.6. The molecule has 0 atom stereocenters. The summed E-state index contributed by atoms with van der Waals surface area (Å²) in [6, 6.07) is 7.29. The summed E-state index contributed by atoms with van der Waals surface area (Å²) in [6.07, 6.45) is 3.53. The van der Waals surface area contributed by atoms with Crippen molar-refractivity contribution in [2.75, 3.05) is 5.32 Å². The SMILES string of the molecule is Cc1nc(CONC(=O)c2ccccc2NCc2cncn2C)cs1. The number of amides is 1. The fourth-order valence-electron chi connectivity index (χ4n) is 2.28. The van der Waals surface area contributed by atoms with Gasteiger partial charge in [-0.1, -0.05) is 12.1 Å². The van der Waals surface area contributed by atoms with Crippen LogP contribution >= 0.6 is 11.3 Å². The highest BCUT2D eigenvalue weighted by Gasteiger charge is 2.11. The van der Waals surface area contributed by atoms with Gasteiger partial charge in [-0.3, -0.25) is 9.63 Å². The van der Waals surface area contributed by atoms with Gasteiger partial charge < -0.3 is 9.88 Å². The molecule has 0 aliphatic rings. The van der Waals surface area contributed by atoms with Crippen LogP contribution in [0.4, 0.5) is 5.69 Å². The molecule has 2 heterocycles. The topological polar surface area (TPSA) is 81.1 Å². The molecule has 1 aromatic carbocycles. The van der Waals surface area contributed by atoms with Gasteiger partial charge in [0, 0.05) is 24.3 Å². The predicted molar refractivity (Wildman–Crippen MR) is 96.1 cm³/mol. The Kier molecular flexibility index (Phi) is 5.42. The van der Waals surface area contributed by atoms with Gasteiger partial charge in [-0.15, -0.1) is 11.3 Å². The Bertz CT molecular complexity index is 858. The molecule has 3 aromatic rings. The minimum atomic E-state index is -0.306. The molecule has 8 heteroatoms. The highest BCUT2D eigenvalue weighted by molar-refractivity contribution is 7.09. The molecule has 0 bridgehead atoms. The van der Waals surface area contributed by atoms with E-state index in [9.17, 15) is 4.79 Å². The fourth-order valence-corrected chi connectivity index (χ4v) is 2.88. The molecule has 2 N–H and O–H groups in total. The third-order valence-electron chi connectivity index (χ3n) is 3.60. The number of nitrogens with zero attached hydrogens (tertiary/aromatic N) is 3. The average Bonchev–Trinajstić information content (AvgIpc) is 3.21. The van der Waals surface area contributed by atoms with E-state index in [2.05, 4.69) is 20.8 Å². The average molecular weight is 357 g/mol. The second-order valence-corrected chi connectivity index (χ2v) is 6.53. The number of hydroxylamine groups is 1. The molecular formula is C17H19N5O2S. The number of aromatic nitrogens is 3. The monoisotopic (exact) mass is 357 g/mol. The summed E-state index contributed by atoms with van der Waals surface area (Å²) in [6.45, 7) is 2.73. The number of nitrogens with one attached hydrogen (secondary N) is 2. The van der Waals surface area contributed by atoms with Crippen molar-refractivity contribution in [3.05, 3.63) is 64.1 Å². The van der Waals surface area contributed by atoms with Crippen LogP contribution in [-0.4, -0.2) is 20.4 Å². The predicted octanol–water partition coefficient (Wildman–Crippen LogP) is 2.66. The molecule has 0 radical (unpaired) electrons. The van der Waals surface area contributed by atoms with Crippen molar-refractivity contribution in [1.29, 1.82) is 0 Å². The largest absolute Gasteiger partial charge is 0.379 e. The first-order valence-corrected chi connectivity index (χ1v) is 8.62. The molecule has 1 amide bonds. The molecule has 0 saturated heterocycles. The van der Waals surface area contributed by atoms with Gasteiger partial charge in [0.2, 0.25) is 0 Å². The lowest BCUT2D eigenvalue weighted by Crippen LogP contribution is -2.24. The second-order valence-electron chi connectivity index (χ2n) is 5.47. The maximum Gasteiger partial charge on any atom is 0.276 e. The first kappa shape index (κ1) is 17.1. The number of carbonyl (C=O) groups is 1. The van der Waals surface area contributed by atoms with Crippen molar-refractivity contribution < 1.29 is 9.63 Å². The Labute approximate surface area is 149 Å². The summed E-state index contributed by atoms with van der Waals surface area (Å²) in [5.41, 5.74) is 5.53. The third kappa shape index (κ3) is 4.43. The number of hydrogen-bond acceptors (Lipinski definition) is 6. The van der Waals surface area contributed by atoms with Gasteiger partial charge in [0.25, 0.3) is 5.91 Å². The minimum absolute atomic E-state index is 0.237. The standard InChI is InChI=1S/C17H19N5O2S/c1-12-20-13(10-25-12)9-24-21-17(23)15-5-3-4-6-16(15)19-8-14-7-18-11-22(14)2/h3-7,10-11,19H,8-9H2,1-2H3,(H,21,23). The lowest BCUT2D eigenvalue weighted by atomic mass is 10.1. The number of anilines is 1. The van der Waals surface area contributed by atoms with Gasteiger partial charge >= 0.3 is 0 Å². The number of benzene rings is 1. The van der Waals surface area contributed by atoms with Crippen LogP contribution in [0.15, 0.2) is 42.2 Å². The molecule has 0 aliphatic heterocycles. The van der Waals surface area contributed by atoms with Crippen molar-refractivity contribution in [3.63, 3.8) is 0 Å². The molecule has 2 aromatic heterocycles. The first-order valence-electron chi connectivity index (χ1n) is 7.74. The van der Waals surface area contributed by atoms with Gasteiger partial charge in [0.1, 0.15) is 6.61 Å². The van der Waals surface area contributed by atoms with Crippen LogP contribution in [0.3, 0.4) is 0 Å². The van der Waals surface area contributed by atoms with Gasteiger partial charge in [0.15, 0.2) is 0 Å². The number of para-hydroxylation sites is 1. The summed E-state index contributed by atoms with van der Waals surface area (Å²) in [5.74, 6) is -0.306. The number of carbonyl (C=O) groups excluding carboxylic acids is 1. The number of rotatable bonds is 7. The molecule has 0 saturated carbocycles. The lowest BCUT2D eigenvalue weighted by molar-refractivity contribution is 0.0224. The summed E-state index contributed by atoms with van der Waals surface area (Å²) in [4.78, 5) is 26.0. The van der Waals surface area contributed by atoms with Crippen LogP contribution < -0.4 is 10.8 Å². The van der Waals surface area contributed by atoms with E-state index in [-0.39, 0.29) is 12.5 Å². The zero-order valence-electron chi connectivity index (χ0n) is 14.0. The Morgan fingerprint density at radius 1 is 1.36 bits per heavy atom. The fraction of sp³-hybridized carbons (Fsp3) is 0.235. The molecule has 130 valence electrons. The van der Waals surface area contributed by atoms with Crippen LogP contribution in [0, 0.1) is 6.92 Å². The molecule has 7 nitrogen and oxygen atoms in total. The van der Waals surface area contributed by atoms with Crippen LogP contribution in [0.1, 0.15) is 26.8 Å². The van der Waals surface area contributed by atoms with Crippen LogP contribution in [0.25, 0.3) is 0 Å². The van der Waals surface area contributed by atoms with Crippen LogP contribution in [0.5, 0.6) is 0 Å². The highest BCUT2D eigenvalue weighted by atomic mass is 32.1. The molecule has 0 unspecified atom stereocenters. The Balaban J connectivity index is 1.59. The smallest absolute Gasteiger partial charge is 0.276 e. The normalized spacial score (nSPS) is 10.6. The number of imidazole rings is 1. The third-order valence-corrected chi connectivity index (χ3v) is 4.42. The summed E-state index contributed by atoms with van der Waals surface area (Å²) in [5, 5.41) is 6.14. The van der Waals surface area contributed by atoms with E-state index in [4.69, 9.17) is 4.84 Å². The summed E-state index contributed by atoms with van der Waals surface area (Å²) >= 11 is 1.55. The van der Waals surface area contributed by atoms with E-state index in [0.717, 1.165) is 22.1 Å². The Morgan fingerprint density at radius 3 is 2.92 bits per heavy atom. The Hall–Kier alpha value is -2.71. The molecule has 0 fully saturated rings. The molecule has 25 heavy (non-hydrogen) atoms. The van der Waals surface area contributed by atoms with E-state index in [1.807, 2.05) is 42.1 Å². The minimum Gasteiger partial charge on any atom is -0.379 e. The summed E-state index contributed by atoms with van der Waals surface area (Å²) < 4.78 is 1.93. The van der Waals surface area contributed by atoms with Gasteiger partial charge in [-0.25, -0.2) is 15.4 Å². The number of thiazole rings is 1. The highest BCUT2D eigenvalue weighted by Crippen LogP contribution is 2.16. The van der Waals surface area contributed by atoms with Crippen molar-refractivity contribution in [3.8, 4) is 0 Å². The van der Waals surface area contributed by atoms with Crippen molar-refractivity contribution in [1.82, 2.24) is 20.0 Å². The van der Waals surface area contributed by atoms with Crippen molar-refractivity contribution in [2.24, 2.45) is 7.05 Å². The van der Waals surface area contributed by atoms with Gasteiger partial charge in [0.05, 0.1) is 34.8 Å². The number of hydrogen-bond donors (Lipinski definition) is 2. The second kappa shape index (κ2) is 7.91. The van der Waals surface area contributed by atoms with Gasteiger partial charge in [-0.05, 0) is 19.1 Å².